The van der Waals surface area contributed by atoms with Crippen LogP contribution in [-0.2, 0) is 4.79 Å². The smallest absolute Gasteiger partial charge is 0.262 e. The molecule has 1 N–H and O–H groups in total. The molecule has 114 valence electrons. The molecule has 0 radical (unpaired) electrons. The van der Waals surface area contributed by atoms with Gasteiger partial charge in [0.1, 0.15) is 6.29 Å². The molecular formula is C16H14BrNO4. The van der Waals surface area contributed by atoms with Gasteiger partial charge in [0, 0.05) is 10.0 Å². The van der Waals surface area contributed by atoms with Crippen molar-refractivity contribution in [2.75, 3.05) is 19.0 Å². The van der Waals surface area contributed by atoms with Crippen molar-refractivity contribution < 1.29 is 19.1 Å². The second-order valence-corrected chi connectivity index (χ2v) is 5.20. The van der Waals surface area contributed by atoms with Gasteiger partial charge in [0.2, 0.25) is 0 Å². The van der Waals surface area contributed by atoms with Gasteiger partial charge in [-0.1, -0.05) is 12.1 Å². The van der Waals surface area contributed by atoms with Crippen LogP contribution in [0.1, 0.15) is 10.4 Å². The van der Waals surface area contributed by atoms with Gasteiger partial charge in [-0.15, -0.1) is 0 Å². The van der Waals surface area contributed by atoms with Gasteiger partial charge in [-0.05, 0) is 46.3 Å². The largest absolute Gasteiger partial charge is 0.493 e. The van der Waals surface area contributed by atoms with Gasteiger partial charge in [-0.25, -0.2) is 0 Å². The minimum atomic E-state index is -0.298. The highest BCUT2D eigenvalue weighted by molar-refractivity contribution is 9.10. The second-order valence-electron chi connectivity index (χ2n) is 4.34. The van der Waals surface area contributed by atoms with Crippen molar-refractivity contribution in [2.24, 2.45) is 0 Å². The normalized spacial score (nSPS) is 9.91. The van der Waals surface area contributed by atoms with Crippen molar-refractivity contribution in [3.8, 4) is 11.5 Å². The van der Waals surface area contributed by atoms with Crippen LogP contribution < -0.4 is 14.8 Å². The van der Waals surface area contributed by atoms with Crippen LogP contribution in [0, 0.1) is 0 Å². The summed E-state index contributed by atoms with van der Waals surface area (Å²) in [7, 11) is 1.47. The number of rotatable bonds is 6. The summed E-state index contributed by atoms with van der Waals surface area (Å²) in [5.74, 6) is 0.502. The first kappa shape index (κ1) is 16.0. The number of amides is 1. The quantitative estimate of drug-likeness (QED) is 0.799. The van der Waals surface area contributed by atoms with Crippen molar-refractivity contribution in [2.45, 2.75) is 0 Å². The lowest BCUT2D eigenvalue weighted by atomic mass is 10.2. The average molecular weight is 364 g/mol. The summed E-state index contributed by atoms with van der Waals surface area (Å²) in [6.07, 6.45) is 0.714. The fraction of sp³-hybridized carbons (Fsp3) is 0.125. The van der Waals surface area contributed by atoms with Gasteiger partial charge in [0.15, 0.2) is 18.1 Å². The molecule has 5 nitrogen and oxygen atoms in total. The van der Waals surface area contributed by atoms with Gasteiger partial charge in [0.25, 0.3) is 5.91 Å². The predicted molar refractivity (Wildman–Crippen MR) is 86.6 cm³/mol. The number of ether oxygens (including phenoxy) is 2. The van der Waals surface area contributed by atoms with Crippen molar-refractivity contribution in [1.82, 2.24) is 0 Å². The fourth-order valence-corrected chi connectivity index (χ4v) is 2.15. The zero-order valence-corrected chi connectivity index (χ0v) is 13.4. The Labute approximate surface area is 136 Å². The number of benzene rings is 2. The molecule has 0 saturated heterocycles. The minimum absolute atomic E-state index is 0.169. The Morgan fingerprint density at radius 1 is 1.23 bits per heavy atom. The first-order chi connectivity index (χ1) is 10.6. The Morgan fingerprint density at radius 3 is 2.68 bits per heavy atom. The van der Waals surface area contributed by atoms with Crippen molar-refractivity contribution >= 4 is 33.8 Å². The molecule has 0 aliphatic carbocycles. The van der Waals surface area contributed by atoms with Gasteiger partial charge < -0.3 is 14.8 Å². The molecule has 0 aromatic heterocycles. The standard InChI is InChI=1S/C16H14BrNO4/c1-21-15-8-11(9-19)6-7-14(15)22-10-16(20)18-13-5-3-2-4-12(13)17/h2-9H,10H2,1H3,(H,18,20). The van der Waals surface area contributed by atoms with Crippen LogP contribution in [0.4, 0.5) is 5.69 Å². The number of halogens is 1. The van der Waals surface area contributed by atoms with E-state index in [1.165, 1.54) is 7.11 Å². The number of anilines is 1. The SMILES string of the molecule is COc1cc(C=O)ccc1OCC(=O)Nc1ccccc1Br. The van der Waals surface area contributed by atoms with E-state index in [1.54, 1.807) is 24.3 Å². The monoisotopic (exact) mass is 363 g/mol. The average Bonchev–Trinajstić information content (AvgIpc) is 2.55. The molecule has 0 aliphatic heterocycles. The minimum Gasteiger partial charge on any atom is -0.493 e. The summed E-state index contributed by atoms with van der Waals surface area (Å²) in [5.41, 5.74) is 1.14. The molecule has 2 rings (SSSR count). The predicted octanol–water partition coefficient (Wildman–Crippen LogP) is 3.29. The first-order valence-corrected chi connectivity index (χ1v) is 7.23. The van der Waals surface area contributed by atoms with E-state index in [0.29, 0.717) is 29.0 Å². The van der Waals surface area contributed by atoms with E-state index in [0.717, 1.165) is 4.47 Å². The summed E-state index contributed by atoms with van der Waals surface area (Å²) < 4.78 is 11.4. The summed E-state index contributed by atoms with van der Waals surface area (Å²) in [5, 5.41) is 2.73. The van der Waals surface area contributed by atoms with Crippen molar-refractivity contribution in [3.63, 3.8) is 0 Å². The molecule has 0 heterocycles. The van der Waals surface area contributed by atoms with Crippen molar-refractivity contribution in [1.29, 1.82) is 0 Å². The van der Waals surface area contributed by atoms with Crippen LogP contribution in [0.25, 0.3) is 0 Å². The molecule has 0 spiro atoms. The van der Waals surface area contributed by atoms with Crippen LogP contribution >= 0.6 is 15.9 Å². The number of hydrogen-bond acceptors (Lipinski definition) is 4. The number of para-hydroxylation sites is 1. The summed E-state index contributed by atoms with van der Waals surface area (Å²) >= 11 is 3.35. The Hall–Kier alpha value is -2.34. The lowest BCUT2D eigenvalue weighted by Crippen LogP contribution is -2.20. The van der Waals surface area contributed by atoms with Crippen LogP contribution in [0.5, 0.6) is 11.5 Å². The third kappa shape index (κ3) is 4.08. The van der Waals surface area contributed by atoms with Crippen LogP contribution in [0.3, 0.4) is 0 Å². The van der Waals surface area contributed by atoms with E-state index in [1.807, 2.05) is 18.2 Å². The molecular weight excluding hydrogens is 350 g/mol. The Bertz CT molecular complexity index is 688. The zero-order valence-electron chi connectivity index (χ0n) is 11.8. The number of hydrogen-bond donors (Lipinski definition) is 1. The molecule has 1 amide bonds. The van der Waals surface area contributed by atoms with Crippen LogP contribution in [0.15, 0.2) is 46.9 Å². The maximum atomic E-state index is 11.9. The maximum Gasteiger partial charge on any atom is 0.262 e. The lowest BCUT2D eigenvalue weighted by Gasteiger charge is -2.11. The summed E-state index contributed by atoms with van der Waals surface area (Å²) in [4.78, 5) is 22.6. The van der Waals surface area contributed by atoms with Gasteiger partial charge >= 0.3 is 0 Å². The topological polar surface area (TPSA) is 64.6 Å². The first-order valence-electron chi connectivity index (χ1n) is 6.44. The van der Waals surface area contributed by atoms with E-state index >= 15 is 0 Å². The summed E-state index contributed by atoms with van der Waals surface area (Å²) in [6.45, 7) is -0.169. The Balaban J connectivity index is 1.99. The molecule has 0 unspecified atom stereocenters. The number of carbonyl (C=O) groups excluding carboxylic acids is 2. The van der Waals surface area contributed by atoms with Crippen LogP contribution in [0.2, 0.25) is 0 Å². The molecule has 6 heteroatoms. The molecule has 2 aromatic carbocycles. The zero-order chi connectivity index (χ0) is 15.9. The van der Waals surface area contributed by atoms with E-state index < -0.39 is 0 Å². The van der Waals surface area contributed by atoms with Gasteiger partial charge in [0.05, 0.1) is 12.8 Å². The molecule has 0 bridgehead atoms. The third-order valence-electron chi connectivity index (χ3n) is 2.83. The molecule has 0 saturated carbocycles. The Morgan fingerprint density at radius 2 is 2.00 bits per heavy atom. The Kier molecular flexibility index (Phi) is 5.55. The number of nitrogens with one attached hydrogen (secondary N) is 1. The third-order valence-corrected chi connectivity index (χ3v) is 3.52. The van der Waals surface area contributed by atoms with E-state index in [2.05, 4.69) is 21.2 Å². The van der Waals surface area contributed by atoms with E-state index in [4.69, 9.17) is 9.47 Å². The molecule has 0 fully saturated rings. The lowest BCUT2D eigenvalue weighted by molar-refractivity contribution is -0.118. The molecule has 2 aromatic rings. The summed E-state index contributed by atoms with van der Waals surface area (Å²) in [6, 6.07) is 12.0. The highest BCUT2D eigenvalue weighted by Gasteiger charge is 2.09. The van der Waals surface area contributed by atoms with Crippen LogP contribution in [-0.4, -0.2) is 25.9 Å². The molecule has 0 aliphatic rings. The highest BCUT2D eigenvalue weighted by Crippen LogP contribution is 2.27. The maximum absolute atomic E-state index is 11.9. The molecule has 22 heavy (non-hydrogen) atoms. The number of carbonyl (C=O) groups is 2. The number of aldehydes is 1. The fourth-order valence-electron chi connectivity index (χ4n) is 1.77. The van der Waals surface area contributed by atoms with Gasteiger partial charge in [-0.2, -0.15) is 0 Å². The van der Waals surface area contributed by atoms with Crippen molar-refractivity contribution in [3.05, 3.63) is 52.5 Å². The van der Waals surface area contributed by atoms with Gasteiger partial charge in [-0.3, -0.25) is 9.59 Å². The second kappa shape index (κ2) is 7.61. The molecule has 0 atom stereocenters. The van der Waals surface area contributed by atoms with E-state index in [-0.39, 0.29) is 12.5 Å². The highest BCUT2D eigenvalue weighted by atomic mass is 79.9. The number of methoxy groups -OCH3 is 1. The van der Waals surface area contributed by atoms with E-state index in [9.17, 15) is 9.59 Å².